The van der Waals surface area contributed by atoms with Crippen LogP contribution in [0.1, 0.15) is 16.1 Å². The maximum Gasteiger partial charge on any atom is 0.261 e. The number of carbonyl (C=O) groups excluding carboxylic acids is 2. The average molecular weight is 297 g/mol. The molecule has 6 nitrogen and oxygen atoms in total. The van der Waals surface area contributed by atoms with Gasteiger partial charge in [0.1, 0.15) is 0 Å². The molecule has 1 aliphatic rings. The van der Waals surface area contributed by atoms with Gasteiger partial charge in [0.25, 0.3) is 5.91 Å². The predicted molar refractivity (Wildman–Crippen MR) is 76.6 cm³/mol. The molecule has 1 aromatic heterocycles. The van der Waals surface area contributed by atoms with E-state index in [1.807, 2.05) is 11.4 Å². The van der Waals surface area contributed by atoms with Gasteiger partial charge in [0.2, 0.25) is 5.91 Å². The van der Waals surface area contributed by atoms with Gasteiger partial charge in [0, 0.05) is 38.5 Å². The lowest BCUT2D eigenvalue weighted by molar-refractivity contribution is -0.121. The first-order valence-electron chi connectivity index (χ1n) is 6.64. The van der Waals surface area contributed by atoms with E-state index in [-0.39, 0.29) is 24.2 Å². The Balaban J connectivity index is 1.59. The summed E-state index contributed by atoms with van der Waals surface area (Å²) in [5, 5.41) is 20.0. The van der Waals surface area contributed by atoms with Gasteiger partial charge >= 0.3 is 0 Å². The molecule has 1 aliphatic heterocycles. The van der Waals surface area contributed by atoms with Crippen molar-refractivity contribution in [1.29, 1.82) is 0 Å². The van der Waals surface area contributed by atoms with Crippen LogP contribution in [0.15, 0.2) is 17.5 Å². The Morgan fingerprint density at radius 2 is 2.25 bits per heavy atom. The molecule has 1 aromatic rings. The second kappa shape index (κ2) is 7.37. The fourth-order valence-corrected chi connectivity index (χ4v) is 2.69. The molecular formula is C13H19N3O3S. The minimum absolute atomic E-state index is 0.0691. The van der Waals surface area contributed by atoms with Crippen LogP contribution in [0, 0.1) is 5.92 Å². The van der Waals surface area contributed by atoms with Crippen molar-refractivity contribution in [3.8, 4) is 0 Å². The molecule has 0 radical (unpaired) electrons. The molecule has 4 N–H and O–H groups in total. The maximum absolute atomic E-state index is 11.6. The van der Waals surface area contributed by atoms with E-state index in [1.54, 1.807) is 6.07 Å². The molecule has 0 aliphatic carbocycles. The molecule has 20 heavy (non-hydrogen) atoms. The number of nitrogens with one attached hydrogen (secondary N) is 3. The second-order valence-electron chi connectivity index (χ2n) is 4.77. The van der Waals surface area contributed by atoms with Crippen LogP contribution in [0.4, 0.5) is 0 Å². The fourth-order valence-electron chi connectivity index (χ4n) is 2.05. The standard InChI is InChI=1S/C13H19N3O3S/c17-10-8-14-6-9(10)7-16-12(18)3-4-15-13(19)11-2-1-5-20-11/h1-2,5,9-10,14,17H,3-4,6-8H2,(H,15,19)(H,16,18). The summed E-state index contributed by atoms with van der Waals surface area (Å²) >= 11 is 1.37. The molecule has 1 saturated heterocycles. The van der Waals surface area contributed by atoms with Crippen molar-refractivity contribution in [3.63, 3.8) is 0 Å². The van der Waals surface area contributed by atoms with Crippen molar-refractivity contribution in [1.82, 2.24) is 16.0 Å². The van der Waals surface area contributed by atoms with E-state index >= 15 is 0 Å². The van der Waals surface area contributed by atoms with Crippen LogP contribution >= 0.6 is 11.3 Å². The summed E-state index contributed by atoms with van der Waals surface area (Å²) in [4.78, 5) is 23.9. The molecule has 0 bridgehead atoms. The Labute approximate surface area is 121 Å². The molecule has 2 atom stereocenters. The van der Waals surface area contributed by atoms with E-state index in [9.17, 15) is 14.7 Å². The van der Waals surface area contributed by atoms with E-state index in [1.165, 1.54) is 11.3 Å². The third-order valence-corrected chi connectivity index (χ3v) is 4.12. The fraction of sp³-hybridized carbons (Fsp3) is 0.538. The molecule has 2 unspecified atom stereocenters. The topological polar surface area (TPSA) is 90.5 Å². The lowest BCUT2D eigenvalue weighted by Gasteiger charge is -2.14. The highest BCUT2D eigenvalue weighted by molar-refractivity contribution is 7.12. The van der Waals surface area contributed by atoms with Gasteiger partial charge in [-0.2, -0.15) is 0 Å². The SMILES string of the molecule is O=C(CCNC(=O)c1cccs1)NCC1CNCC1O. The second-order valence-corrected chi connectivity index (χ2v) is 5.72. The van der Waals surface area contributed by atoms with Crippen LogP contribution in [0.25, 0.3) is 0 Å². The van der Waals surface area contributed by atoms with Gasteiger partial charge in [-0.1, -0.05) is 6.07 Å². The highest BCUT2D eigenvalue weighted by Gasteiger charge is 2.24. The predicted octanol–water partition coefficient (Wildman–Crippen LogP) is -0.435. The van der Waals surface area contributed by atoms with Crippen molar-refractivity contribution < 1.29 is 14.7 Å². The Bertz CT molecular complexity index is 450. The Kier molecular flexibility index (Phi) is 5.51. The van der Waals surface area contributed by atoms with E-state index in [4.69, 9.17) is 0 Å². The lowest BCUT2D eigenvalue weighted by atomic mass is 10.1. The summed E-state index contributed by atoms with van der Waals surface area (Å²) in [5.74, 6) is -0.196. The molecule has 7 heteroatoms. The number of thiophene rings is 1. The molecular weight excluding hydrogens is 278 g/mol. The number of β-amino-alcohol motifs (C(OH)–C–C–N with tert-alkyl or cyclic N) is 1. The van der Waals surface area contributed by atoms with Gasteiger partial charge in [0.05, 0.1) is 11.0 Å². The normalized spacial score (nSPS) is 21.6. The van der Waals surface area contributed by atoms with Crippen LogP contribution < -0.4 is 16.0 Å². The summed E-state index contributed by atoms with van der Waals surface area (Å²) in [6, 6.07) is 3.56. The van der Waals surface area contributed by atoms with Gasteiger partial charge in [-0.3, -0.25) is 9.59 Å². The number of aliphatic hydroxyl groups is 1. The van der Waals surface area contributed by atoms with E-state index in [0.29, 0.717) is 24.5 Å². The zero-order valence-corrected chi connectivity index (χ0v) is 11.9. The highest BCUT2D eigenvalue weighted by Crippen LogP contribution is 2.08. The van der Waals surface area contributed by atoms with Gasteiger partial charge in [-0.25, -0.2) is 0 Å². The Hall–Kier alpha value is -1.44. The van der Waals surface area contributed by atoms with Crippen LogP contribution in [0.5, 0.6) is 0 Å². The first-order chi connectivity index (χ1) is 9.66. The Morgan fingerprint density at radius 1 is 1.40 bits per heavy atom. The quantitative estimate of drug-likeness (QED) is 0.573. The molecule has 0 spiro atoms. The van der Waals surface area contributed by atoms with Crippen LogP contribution in [-0.4, -0.2) is 49.2 Å². The lowest BCUT2D eigenvalue weighted by Crippen LogP contribution is -2.36. The number of aliphatic hydroxyl groups excluding tert-OH is 1. The van der Waals surface area contributed by atoms with Gasteiger partial charge in [-0.05, 0) is 11.4 Å². The third-order valence-electron chi connectivity index (χ3n) is 3.25. The van der Waals surface area contributed by atoms with Gasteiger partial charge in [0.15, 0.2) is 0 Å². The number of carbonyl (C=O) groups is 2. The minimum Gasteiger partial charge on any atom is -0.391 e. The summed E-state index contributed by atoms with van der Waals surface area (Å²) in [6.45, 7) is 2.08. The Morgan fingerprint density at radius 3 is 2.90 bits per heavy atom. The third kappa shape index (κ3) is 4.29. The summed E-state index contributed by atoms with van der Waals surface area (Å²) < 4.78 is 0. The summed E-state index contributed by atoms with van der Waals surface area (Å²) in [5.41, 5.74) is 0. The van der Waals surface area contributed by atoms with Crippen molar-refractivity contribution in [2.45, 2.75) is 12.5 Å². The van der Waals surface area contributed by atoms with E-state index in [2.05, 4.69) is 16.0 Å². The highest BCUT2D eigenvalue weighted by atomic mass is 32.1. The zero-order valence-electron chi connectivity index (χ0n) is 11.1. The van der Waals surface area contributed by atoms with Crippen molar-refractivity contribution in [2.24, 2.45) is 5.92 Å². The number of rotatable bonds is 6. The monoisotopic (exact) mass is 297 g/mol. The van der Waals surface area contributed by atoms with Crippen LogP contribution in [0.3, 0.4) is 0 Å². The molecule has 1 fully saturated rings. The first-order valence-corrected chi connectivity index (χ1v) is 7.52. The van der Waals surface area contributed by atoms with Crippen molar-refractivity contribution in [2.75, 3.05) is 26.2 Å². The minimum atomic E-state index is -0.395. The van der Waals surface area contributed by atoms with Gasteiger partial charge < -0.3 is 21.1 Å². The molecule has 2 rings (SSSR count). The summed E-state index contributed by atoms with van der Waals surface area (Å²) in [6.07, 6.45) is -0.151. The van der Waals surface area contributed by atoms with Crippen molar-refractivity contribution in [3.05, 3.63) is 22.4 Å². The zero-order chi connectivity index (χ0) is 14.4. The molecule has 110 valence electrons. The number of amides is 2. The largest absolute Gasteiger partial charge is 0.391 e. The van der Waals surface area contributed by atoms with Crippen molar-refractivity contribution >= 4 is 23.2 Å². The average Bonchev–Trinajstić information content (AvgIpc) is 3.07. The number of hydrogen-bond donors (Lipinski definition) is 4. The maximum atomic E-state index is 11.6. The van der Waals surface area contributed by atoms with Gasteiger partial charge in [-0.15, -0.1) is 11.3 Å². The smallest absolute Gasteiger partial charge is 0.261 e. The summed E-state index contributed by atoms with van der Waals surface area (Å²) in [7, 11) is 0. The molecule has 0 aromatic carbocycles. The van der Waals surface area contributed by atoms with E-state index in [0.717, 1.165) is 6.54 Å². The van der Waals surface area contributed by atoms with E-state index < -0.39 is 6.10 Å². The molecule has 0 saturated carbocycles. The molecule has 2 heterocycles. The van der Waals surface area contributed by atoms with Crippen LogP contribution in [0.2, 0.25) is 0 Å². The first kappa shape index (κ1) is 15.0. The number of hydrogen-bond acceptors (Lipinski definition) is 5. The van der Waals surface area contributed by atoms with Crippen LogP contribution in [-0.2, 0) is 4.79 Å². The molecule has 2 amide bonds.